The molecule has 0 bridgehead atoms. The number of fused-ring (bicyclic) bond motifs is 6. The van der Waals surface area contributed by atoms with Gasteiger partial charge in [0.15, 0.2) is 11.6 Å². The summed E-state index contributed by atoms with van der Waals surface area (Å²) in [4.78, 5) is 2.11. The second-order valence-corrected chi connectivity index (χ2v) is 11.8. The quantitative estimate of drug-likeness (QED) is 0.317. The van der Waals surface area contributed by atoms with Crippen LogP contribution in [0.15, 0.2) is 78.5 Å². The SMILES string of the molecule is CN1C(=CC2C(O)C3c4c(C(F)(F)F)nn(-c5ccccc5)c4[O][Al][O]C23)C(C)(C)c2c1ccc1ccccc21. The van der Waals surface area contributed by atoms with E-state index in [1.807, 2.05) is 25.3 Å². The molecule has 203 valence electrons. The first kappa shape index (κ1) is 25.7. The maximum atomic E-state index is 14.3. The Morgan fingerprint density at radius 3 is 2.50 bits per heavy atom. The molecule has 0 saturated heterocycles. The first-order chi connectivity index (χ1) is 19.1. The van der Waals surface area contributed by atoms with E-state index in [1.54, 1.807) is 30.3 Å². The van der Waals surface area contributed by atoms with Gasteiger partial charge in [0.05, 0.1) is 17.4 Å². The summed E-state index contributed by atoms with van der Waals surface area (Å²) in [7, 11) is 1.99. The molecule has 1 radical (unpaired) electrons. The molecule has 1 fully saturated rings. The molecule has 1 N–H and O–H groups in total. The van der Waals surface area contributed by atoms with Crippen LogP contribution in [-0.4, -0.2) is 50.0 Å². The summed E-state index contributed by atoms with van der Waals surface area (Å²) in [5.41, 5.74) is 2.09. The van der Waals surface area contributed by atoms with Crippen LogP contribution in [0, 0.1) is 5.92 Å². The van der Waals surface area contributed by atoms with E-state index in [0.29, 0.717) is 5.69 Å². The molecule has 1 saturated carbocycles. The molecule has 6 nitrogen and oxygen atoms in total. The largest absolute Gasteiger partial charge is 0.775 e. The highest BCUT2D eigenvalue weighted by Gasteiger charge is 2.57. The van der Waals surface area contributed by atoms with Crippen molar-refractivity contribution in [1.82, 2.24) is 9.78 Å². The Labute approximate surface area is 236 Å². The van der Waals surface area contributed by atoms with E-state index in [-0.39, 0.29) is 11.4 Å². The third-order valence-electron chi connectivity index (χ3n) is 8.59. The van der Waals surface area contributed by atoms with E-state index in [4.69, 9.17) is 7.58 Å². The Hall–Kier alpha value is -3.29. The van der Waals surface area contributed by atoms with Gasteiger partial charge in [0.1, 0.15) is 0 Å². The van der Waals surface area contributed by atoms with Gasteiger partial charge in [0.25, 0.3) is 0 Å². The summed E-state index contributed by atoms with van der Waals surface area (Å²) in [6.07, 6.45) is -4.51. The van der Waals surface area contributed by atoms with Crippen molar-refractivity contribution < 1.29 is 25.9 Å². The summed E-state index contributed by atoms with van der Waals surface area (Å²) >= 11 is -1.12. The first-order valence-electron chi connectivity index (χ1n) is 13.1. The van der Waals surface area contributed by atoms with E-state index in [0.717, 1.165) is 22.2 Å². The molecule has 0 amide bonds. The predicted molar refractivity (Wildman–Crippen MR) is 146 cm³/mol. The standard InChI is InChI=1S/C30H27F3N3O3.Al/c1-29(2)21(35(3)20-14-13-16-9-7-8-12-18(16)24(20)29)15-19-25(37)22(26(19)38)23-27(30(31,32)33)34-36(28(23)39)17-10-5-4-6-11-17;/h4-15,19,22,25-26,37,39H,1-3H3;/q-1;+2/p-1. The lowest BCUT2D eigenvalue weighted by molar-refractivity contribution is -0.144. The van der Waals surface area contributed by atoms with Gasteiger partial charge < -0.3 is 17.6 Å². The van der Waals surface area contributed by atoms with Gasteiger partial charge in [-0.1, -0.05) is 68.5 Å². The fourth-order valence-electron chi connectivity index (χ4n) is 6.72. The normalized spacial score (nSPS) is 25.9. The highest BCUT2D eigenvalue weighted by Crippen LogP contribution is 2.56. The number of rotatable bonds is 2. The molecule has 3 aliphatic rings. The van der Waals surface area contributed by atoms with Crippen LogP contribution in [0.4, 0.5) is 18.9 Å². The van der Waals surface area contributed by atoms with Crippen LogP contribution in [0.3, 0.4) is 0 Å². The Balaban J connectivity index is 1.30. The molecule has 40 heavy (non-hydrogen) atoms. The van der Waals surface area contributed by atoms with Gasteiger partial charge >= 0.3 is 22.1 Å². The van der Waals surface area contributed by atoms with E-state index in [9.17, 15) is 18.3 Å². The highest BCUT2D eigenvalue weighted by molar-refractivity contribution is 6.19. The number of hydrogen-bond acceptors (Lipinski definition) is 5. The molecule has 7 rings (SSSR count). The van der Waals surface area contributed by atoms with E-state index >= 15 is 0 Å². The van der Waals surface area contributed by atoms with Crippen molar-refractivity contribution in [3.63, 3.8) is 0 Å². The fourth-order valence-corrected chi connectivity index (χ4v) is 7.57. The van der Waals surface area contributed by atoms with Crippen LogP contribution in [0.5, 0.6) is 5.88 Å². The predicted octanol–water partition coefficient (Wildman–Crippen LogP) is 5.74. The molecular formula is C30H26AlF3N3O3. The Kier molecular flexibility index (Phi) is 5.68. The summed E-state index contributed by atoms with van der Waals surface area (Å²) in [6, 6.07) is 21.0. The molecular weight excluding hydrogens is 534 g/mol. The lowest BCUT2D eigenvalue weighted by Gasteiger charge is -2.48. The smallest absolute Gasteiger partial charge is 0.612 e. The van der Waals surface area contributed by atoms with Gasteiger partial charge in [0, 0.05) is 41.8 Å². The third-order valence-corrected chi connectivity index (χ3v) is 9.34. The number of aliphatic hydroxyl groups excluding tert-OH is 1. The molecule has 10 heteroatoms. The Morgan fingerprint density at radius 1 is 1.02 bits per heavy atom. The van der Waals surface area contributed by atoms with Crippen LogP contribution in [0.2, 0.25) is 0 Å². The number of anilines is 1. The summed E-state index contributed by atoms with van der Waals surface area (Å²) in [6.45, 7) is 4.28. The van der Waals surface area contributed by atoms with Gasteiger partial charge in [0.2, 0.25) is 0 Å². The number of nitrogens with zero attached hydrogens (tertiary/aromatic N) is 3. The highest BCUT2D eigenvalue weighted by atomic mass is 27.2. The van der Waals surface area contributed by atoms with Crippen molar-refractivity contribution in [2.45, 2.75) is 43.6 Å². The number of aliphatic hydroxyl groups is 1. The van der Waals surface area contributed by atoms with Crippen LogP contribution in [0.25, 0.3) is 16.5 Å². The summed E-state index contributed by atoms with van der Waals surface area (Å²) in [5.74, 6) is -1.44. The van der Waals surface area contributed by atoms with Gasteiger partial charge in [-0.15, -0.1) is 0 Å². The average molecular weight is 561 g/mol. The molecule has 0 spiro atoms. The van der Waals surface area contributed by atoms with Crippen molar-refractivity contribution in [3.8, 4) is 11.6 Å². The molecule has 2 aliphatic heterocycles. The maximum absolute atomic E-state index is 14.3. The molecule has 4 aromatic rings. The monoisotopic (exact) mass is 560 g/mol. The number of benzene rings is 3. The molecule has 1 aliphatic carbocycles. The Morgan fingerprint density at radius 2 is 1.75 bits per heavy atom. The molecule has 4 atom stereocenters. The van der Waals surface area contributed by atoms with E-state index in [1.165, 1.54) is 10.2 Å². The average Bonchev–Trinajstić information content (AvgIpc) is 3.32. The number of hydrogen-bond donors (Lipinski definition) is 1. The van der Waals surface area contributed by atoms with E-state index < -0.39 is 57.2 Å². The fraction of sp³-hybridized carbons (Fsp3) is 0.300. The van der Waals surface area contributed by atoms with Crippen molar-refractivity contribution in [1.29, 1.82) is 0 Å². The zero-order valence-corrected chi connectivity index (χ0v) is 23.2. The minimum absolute atomic E-state index is 0.0108. The third kappa shape index (κ3) is 3.60. The van der Waals surface area contributed by atoms with Gasteiger partial charge in [-0.25, -0.2) is 4.68 Å². The second-order valence-electron chi connectivity index (χ2n) is 11.1. The van der Waals surface area contributed by atoms with Crippen molar-refractivity contribution in [2.24, 2.45) is 5.92 Å². The molecule has 3 heterocycles. The number of likely N-dealkylation sites (N-methyl/N-ethyl adjacent to an activating group) is 1. The lowest BCUT2D eigenvalue weighted by Crippen LogP contribution is -2.54. The van der Waals surface area contributed by atoms with Gasteiger partial charge in [-0.05, 0) is 34.5 Å². The second kappa shape index (κ2) is 8.85. The zero-order valence-electron chi connectivity index (χ0n) is 22.1. The first-order valence-corrected chi connectivity index (χ1v) is 14.1. The van der Waals surface area contributed by atoms with E-state index in [2.05, 4.69) is 48.1 Å². The van der Waals surface area contributed by atoms with Crippen molar-refractivity contribution in [2.75, 3.05) is 11.9 Å². The van der Waals surface area contributed by atoms with Crippen LogP contribution < -0.4 is 8.69 Å². The zero-order chi connectivity index (χ0) is 28.0. The number of aromatic nitrogens is 2. The summed E-state index contributed by atoms with van der Waals surface area (Å²) < 4.78 is 55.9. The van der Waals surface area contributed by atoms with Crippen LogP contribution in [-0.2, 0) is 15.4 Å². The lowest BCUT2D eigenvalue weighted by atomic mass is 9.64. The Bertz CT molecular complexity index is 1670. The number of halogens is 3. The minimum Gasteiger partial charge on any atom is -0.612 e. The summed E-state index contributed by atoms with van der Waals surface area (Å²) in [5, 5.41) is 17.7. The molecule has 4 unspecified atom stereocenters. The molecule has 3 aromatic carbocycles. The number of allylic oxidation sites excluding steroid dienone is 1. The minimum atomic E-state index is -4.72. The van der Waals surface area contributed by atoms with Gasteiger partial charge in [-0.3, -0.25) is 0 Å². The maximum Gasteiger partial charge on any atom is 0.775 e. The topological polar surface area (TPSA) is 59.8 Å². The van der Waals surface area contributed by atoms with Crippen molar-refractivity contribution >= 4 is 32.3 Å². The number of alkyl halides is 3. The van der Waals surface area contributed by atoms with Crippen molar-refractivity contribution in [3.05, 3.63) is 95.3 Å². The number of para-hydroxylation sites is 1. The van der Waals surface area contributed by atoms with Crippen LogP contribution >= 0.6 is 0 Å². The van der Waals surface area contributed by atoms with Gasteiger partial charge in [-0.2, -0.15) is 18.3 Å². The molecule has 1 aromatic heterocycles. The van der Waals surface area contributed by atoms with Crippen LogP contribution in [0.1, 0.15) is 36.6 Å².